The van der Waals surface area contributed by atoms with Crippen LogP contribution in [0.15, 0.2) is 0 Å². The Morgan fingerprint density at radius 3 is 2.90 bits per heavy atom. The SMILES string of the molecule is CCCn1nc(C)c(N)c1N1CCN2CCCCC2C1. The minimum absolute atomic E-state index is 0.710. The number of hydrogen-bond acceptors (Lipinski definition) is 4. The predicted octanol–water partition coefficient (Wildman–Crippen LogP) is 1.86. The largest absolute Gasteiger partial charge is 0.394 e. The molecule has 3 heterocycles. The number of nitrogens with zero attached hydrogens (tertiary/aromatic N) is 4. The van der Waals surface area contributed by atoms with Crippen molar-refractivity contribution >= 4 is 11.5 Å². The molecule has 2 aliphatic heterocycles. The number of piperidine rings is 1. The molecule has 3 rings (SSSR count). The first-order valence-electron chi connectivity index (χ1n) is 8.02. The lowest BCUT2D eigenvalue weighted by Gasteiger charge is -2.44. The van der Waals surface area contributed by atoms with Crippen LogP contribution in [-0.4, -0.2) is 46.9 Å². The second-order valence-corrected chi connectivity index (χ2v) is 6.18. The van der Waals surface area contributed by atoms with E-state index in [1.54, 1.807) is 0 Å². The molecular formula is C15H27N5. The summed E-state index contributed by atoms with van der Waals surface area (Å²) in [6.07, 6.45) is 5.16. The summed E-state index contributed by atoms with van der Waals surface area (Å²) in [7, 11) is 0. The molecule has 0 spiro atoms. The van der Waals surface area contributed by atoms with Gasteiger partial charge in [0.2, 0.25) is 0 Å². The molecule has 1 atom stereocenters. The zero-order valence-corrected chi connectivity index (χ0v) is 12.8. The van der Waals surface area contributed by atoms with Crippen molar-refractivity contribution in [1.82, 2.24) is 14.7 Å². The maximum Gasteiger partial charge on any atom is 0.150 e. The Balaban J connectivity index is 1.82. The van der Waals surface area contributed by atoms with Gasteiger partial charge in [-0.3, -0.25) is 4.90 Å². The summed E-state index contributed by atoms with van der Waals surface area (Å²) < 4.78 is 2.11. The highest BCUT2D eigenvalue weighted by atomic mass is 15.4. The summed E-state index contributed by atoms with van der Waals surface area (Å²) in [5.74, 6) is 1.16. The molecule has 5 heteroatoms. The van der Waals surface area contributed by atoms with Crippen LogP contribution in [0, 0.1) is 6.92 Å². The Bertz CT molecular complexity index is 467. The van der Waals surface area contributed by atoms with Crippen molar-refractivity contribution in [2.45, 2.75) is 52.1 Å². The van der Waals surface area contributed by atoms with Gasteiger partial charge in [0.25, 0.3) is 0 Å². The number of nitrogens with two attached hydrogens (primary N) is 1. The highest BCUT2D eigenvalue weighted by molar-refractivity contribution is 5.66. The average Bonchev–Trinajstić information content (AvgIpc) is 2.74. The fraction of sp³-hybridized carbons (Fsp3) is 0.800. The van der Waals surface area contributed by atoms with E-state index in [1.807, 2.05) is 6.92 Å². The van der Waals surface area contributed by atoms with Gasteiger partial charge >= 0.3 is 0 Å². The Hall–Kier alpha value is -1.23. The molecule has 0 saturated carbocycles. The van der Waals surface area contributed by atoms with Crippen LogP contribution < -0.4 is 10.6 Å². The minimum atomic E-state index is 0.710. The van der Waals surface area contributed by atoms with E-state index < -0.39 is 0 Å². The molecule has 0 amide bonds. The van der Waals surface area contributed by atoms with Gasteiger partial charge in [0.15, 0.2) is 5.82 Å². The van der Waals surface area contributed by atoms with Crippen molar-refractivity contribution in [3.63, 3.8) is 0 Å². The van der Waals surface area contributed by atoms with E-state index >= 15 is 0 Å². The average molecular weight is 277 g/mol. The fourth-order valence-electron chi connectivity index (χ4n) is 3.63. The second-order valence-electron chi connectivity index (χ2n) is 6.18. The van der Waals surface area contributed by atoms with E-state index in [1.165, 1.54) is 32.4 Å². The van der Waals surface area contributed by atoms with Gasteiger partial charge < -0.3 is 10.6 Å². The van der Waals surface area contributed by atoms with Crippen LogP contribution >= 0.6 is 0 Å². The number of anilines is 2. The van der Waals surface area contributed by atoms with Crippen LogP contribution in [0.3, 0.4) is 0 Å². The molecule has 2 N–H and O–H groups in total. The molecule has 0 aliphatic carbocycles. The van der Waals surface area contributed by atoms with Gasteiger partial charge in [-0.05, 0) is 32.7 Å². The van der Waals surface area contributed by atoms with Crippen molar-refractivity contribution in [1.29, 1.82) is 0 Å². The first-order valence-corrected chi connectivity index (χ1v) is 8.02. The Labute approximate surface area is 121 Å². The lowest BCUT2D eigenvalue weighted by molar-refractivity contribution is 0.132. The molecule has 112 valence electrons. The van der Waals surface area contributed by atoms with Gasteiger partial charge in [-0.15, -0.1) is 0 Å². The standard InChI is InChI=1S/C15H27N5/c1-3-7-20-15(14(16)12(2)17-20)19-10-9-18-8-5-4-6-13(18)11-19/h13H,3-11,16H2,1-2H3. The Morgan fingerprint density at radius 2 is 2.10 bits per heavy atom. The summed E-state index contributed by atoms with van der Waals surface area (Å²) in [6.45, 7) is 9.80. The number of fused-ring (bicyclic) bond motifs is 1. The van der Waals surface area contributed by atoms with Crippen LogP contribution in [0.2, 0.25) is 0 Å². The molecule has 0 aromatic carbocycles. The third-order valence-electron chi connectivity index (χ3n) is 4.72. The van der Waals surface area contributed by atoms with E-state index in [0.29, 0.717) is 6.04 Å². The summed E-state index contributed by atoms with van der Waals surface area (Å²) in [5, 5.41) is 4.62. The van der Waals surface area contributed by atoms with Gasteiger partial charge in [-0.1, -0.05) is 13.3 Å². The quantitative estimate of drug-likeness (QED) is 0.916. The smallest absolute Gasteiger partial charge is 0.150 e. The molecule has 1 aromatic rings. The number of piperazine rings is 1. The van der Waals surface area contributed by atoms with Gasteiger partial charge in [0.1, 0.15) is 0 Å². The maximum absolute atomic E-state index is 6.29. The highest BCUT2D eigenvalue weighted by Gasteiger charge is 2.31. The number of aromatic nitrogens is 2. The van der Waals surface area contributed by atoms with E-state index in [4.69, 9.17) is 5.73 Å². The molecule has 2 fully saturated rings. The minimum Gasteiger partial charge on any atom is -0.394 e. The maximum atomic E-state index is 6.29. The van der Waals surface area contributed by atoms with Gasteiger partial charge in [-0.25, -0.2) is 4.68 Å². The van der Waals surface area contributed by atoms with Crippen molar-refractivity contribution in [2.24, 2.45) is 0 Å². The van der Waals surface area contributed by atoms with E-state index in [-0.39, 0.29) is 0 Å². The van der Waals surface area contributed by atoms with E-state index in [0.717, 1.165) is 43.3 Å². The highest BCUT2D eigenvalue weighted by Crippen LogP contribution is 2.30. The number of hydrogen-bond donors (Lipinski definition) is 1. The molecule has 1 aromatic heterocycles. The molecule has 2 saturated heterocycles. The molecule has 0 bridgehead atoms. The zero-order chi connectivity index (χ0) is 14.1. The number of aryl methyl sites for hydroxylation is 2. The lowest BCUT2D eigenvalue weighted by Crippen LogP contribution is -2.55. The topological polar surface area (TPSA) is 50.3 Å². The molecule has 20 heavy (non-hydrogen) atoms. The van der Waals surface area contributed by atoms with Crippen LogP contribution in [0.1, 0.15) is 38.3 Å². The predicted molar refractivity (Wildman–Crippen MR) is 83.1 cm³/mol. The molecule has 0 radical (unpaired) electrons. The summed E-state index contributed by atoms with van der Waals surface area (Å²) in [6, 6.07) is 0.710. The molecule has 1 unspecified atom stereocenters. The monoisotopic (exact) mass is 277 g/mol. The van der Waals surface area contributed by atoms with Gasteiger partial charge in [0.05, 0.1) is 11.4 Å². The second kappa shape index (κ2) is 5.64. The zero-order valence-electron chi connectivity index (χ0n) is 12.8. The van der Waals surface area contributed by atoms with Crippen LogP contribution in [0.25, 0.3) is 0 Å². The van der Waals surface area contributed by atoms with Crippen LogP contribution in [0.5, 0.6) is 0 Å². The summed E-state index contributed by atoms with van der Waals surface area (Å²) in [4.78, 5) is 5.13. The van der Waals surface area contributed by atoms with Gasteiger partial charge in [-0.2, -0.15) is 5.10 Å². The van der Waals surface area contributed by atoms with Crippen molar-refractivity contribution in [3.05, 3.63) is 5.69 Å². The van der Waals surface area contributed by atoms with E-state index in [9.17, 15) is 0 Å². The third-order valence-corrected chi connectivity index (χ3v) is 4.72. The lowest BCUT2D eigenvalue weighted by atomic mass is 9.99. The Kier molecular flexibility index (Phi) is 3.87. The first-order chi connectivity index (χ1) is 9.70. The van der Waals surface area contributed by atoms with E-state index in [2.05, 4.69) is 26.5 Å². The van der Waals surface area contributed by atoms with Crippen molar-refractivity contribution < 1.29 is 0 Å². The Morgan fingerprint density at radius 1 is 1.25 bits per heavy atom. The fourth-order valence-corrected chi connectivity index (χ4v) is 3.63. The number of nitrogen functional groups attached to an aromatic ring is 1. The number of rotatable bonds is 3. The van der Waals surface area contributed by atoms with Crippen molar-refractivity contribution in [2.75, 3.05) is 36.8 Å². The molecular weight excluding hydrogens is 250 g/mol. The van der Waals surface area contributed by atoms with Crippen LogP contribution in [-0.2, 0) is 6.54 Å². The first kappa shape index (κ1) is 13.7. The summed E-state index contributed by atoms with van der Waals surface area (Å²) in [5.41, 5.74) is 8.14. The van der Waals surface area contributed by atoms with Gasteiger partial charge in [0, 0.05) is 32.2 Å². The molecule has 5 nitrogen and oxygen atoms in total. The normalized spacial score (nSPS) is 23.9. The van der Waals surface area contributed by atoms with Crippen LogP contribution in [0.4, 0.5) is 11.5 Å². The summed E-state index contributed by atoms with van der Waals surface area (Å²) >= 11 is 0. The third kappa shape index (κ3) is 2.39. The molecule has 2 aliphatic rings. The van der Waals surface area contributed by atoms with Crippen molar-refractivity contribution in [3.8, 4) is 0 Å².